The van der Waals surface area contributed by atoms with Gasteiger partial charge in [0.05, 0.1) is 5.56 Å². The lowest BCUT2D eigenvalue weighted by molar-refractivity contribution is -0.139. The molecule has 5 nitrogen and oxygen atoms in total. The number of nitrogens with zero attached hydrogens (tertiary/aromatic N) is 1. The fraction of sp³-hybridized carbons (Fsp3) is 0.500. The summed E-state index contributed by atoms with van der Waals surface area (Å²) >= 11 is 0. The van der Waals surface area contributed by atoms with Gasteiger partial charge in [-0.15, -0.1) is 0 Å². The van der Waals surface area contributed by atoms with E-state index in [1.807, 2.05) is 11.0 Å². The number of aromatic carboxylic acids is 1. The number of hydrogen-bond donors (Lipinski definition) is 1. The van der Waals surface area contributed by atoms with E-state index >= 15 is 0 Å². The first-order valence-corrected chi connectivity index (χ1v) is 7.37. The maximum atomic E-state index is 12.5. The molecule has 0 saturated carbocycles. The van der Waals surface area contributed by atoms with Crippen molar-refractivity contribution in [3.8, 4) is 0 Å². The molecule has 112 valence electrons. The van der Waals surface area contributed by atoms with Crippen LogP contribution in [0.25, 0.3) is 0 Å². The van der Waals surface area contributed by atoms with Crippen LogP contribution >= 0.6 is 0 Å². The predicted molar refractivity (Wildman–Crippen MR) is 76.1 cm³/mol. The lowest BCUT2D eigenvalue weighted by Gasteiger charge is -2.33. The summed E-state index contributed by atoms with van der Waals surface area (Å²) in [5, 5.41) is 9.23. The van der Waals surface area contributed by atoms with Gasteiger partial charge in [-0.05, 0) is 36.5 Å². The van der Waals surface area contributed by atoms with Gasteiger partial charge in [0, 0.05) is 32.2 Å². The monoisotopic (exact) mass is 289 g/mol. The summed E-state index contributed by atoms with van der Waals surface area (Å²) in [4.78, 5) is 25.6. The van der Waals surface area contributed by atoms with Crippen LogP contribution in [0.15, 0.2) is 18.2 Å². The number of carbonyl (C=O) groups excluding carboxylic acids is 1. The molecule has 0 unspecified atom stereocenters. The summed E-state index contributed by atoms with van der Waals surface area (Å²) in [5.41, 5.74) is 2.20. The van der Waals surface area contributed by atoms with Crippen LogP contribution in [0.4, 0.5) is 0 Å². The van der Waals surface area contributed by atoms with Gasteiger partial charge in [0.15, 0.2) is 0 Å². The van der Waals surface area contributed by atoms with Crippen molar-refractivity contribution in [2.45, 2.75) is 25.8 Å². The van der Waals surface area contributed by atoms with Gasteiger partial charge in [-0.1, -0.05) is 12.1 Å². The summed E-state index contributed by atoms with van der Waals surface area (Å²) < 4.78 is 5.30. The maximum absolute atomic E-state index is 12.5. The minimum Gasteiger partial charge on any atom is -0.478 e. The lowest BCUT2D eigenvalue weighted by Crippen LogP contribution is -2.41. The topological polar surface area (TPSA) is 66.8 Å². The third-order valence-electron chi connectivity index (χ3n) is 4.38. The van der Waals surface area contributed by atoms with Gasteiger partial charge in [-0.3, -0.25) is 4.79 Å². The first-order valence-electron chi connectivity index (χ1n) is 7.37. The van der Waals surface area contributed by atoms with E-state index in [-0.39, 0.29) is 11.8 Å². The second kappa shape index (κ2) is 5.85. The molecule has 1 aromatic carbocycles. The van der Waals surface area contributed by atoms with Gasteiger partial charge in [-0.25, -0.2) is 4.79 Å². The zero-order chi connectivity index (χ0) is 14.8. The molecule has 0 atom stereocenters. The number of fused-ring (bicyclic) bond motifs is 1. The molecule has 1 amide bonds. The van der Waals surface area contributed by atoms with Gasteiger partial charge in [0.1, 0.15) is 0 Å². The molecule has 2 aliphatic heterocycles. The van der Waals surface area contributed by atoms with Crippen molar-refractivity contribution in [2.75, 3.05) is 19.8 Å². The Kier molecular flexibility index (Phi) is 3.92. The van der Waals surface area contributed by atoms with Gasteiger partial charge in [0.2, 0.25) is 5.91 Å². The zero-order valence-electron chi connectivity index (χ0n) is 11.9. The summed E-state index contributed by atoms with van der Waals surface area (Å²) in [6.45, 7) is 2.44. The first kappa shape index (κ1) is 14.1. The Morgan fingerprint density at radius 1 is 1.24 bits per heavy atom. The fourth-order valence-electron chi connectivity index (χ4n) is 3.20. The van der Waals surface area contributed by atoms with Crippen molar-refractivity contribution in [1.29, 1.82) is 0 Å². The zero-order valence-corrected chi connectivity index (χ0v) is 11.9. The van der Waals surface area contributed by atoms with Crippen molar-refractivity contribution in [3.63, 3.8) is 0 Å². The molecule has 5 heteroatoms. The smallest absolute Gasteiger partial charge is 0.335 e. The first-order chi connectivity index (χ1) is 10.2. The maximum Gasteiger partial charge on any atom is 0.335 e. The standard InChI is InChI=1S/C16H19NO4/c18-15(11-5-8-21-9-6-11)17-7-4-13-12(10-17)2-1-3-14(13)16(19)20/h1-3,11H,4-10H2,(H,19,20). The van der Waals surface area contributed by atoms with Crippen molar-refractivity contribution in [3.05, 3.63) is 34.9 Å². The normalized spacial score (nSPS) is 19.1. The number of carbonyl (C=O) groups is 2. The quantitative estimate of drug-likeness (QED) is 0.900. The Labute approximate surface area is 123 Å². The molecule has 0 radical (unpaired) electrons. The van der Waals surface area contributed by atoms with Crippen LogP contribution in [0.5, 0.6) is 0 Å². The molecular formula is C16H19NO4. The summed E-state index contributed by atoms with van der Waals surface area (Å²) in [6.07, 6.45) is 2.20. The predicted octanol–water partition coefficient (Wildman–Crippen LogP) is 1.70. The molecular weight excluding hydrogens is 270 g/mol. The van der Waals surface area contributed by atoms with Gasteiger partial charge < -0.3 is 14.7 Å². The van der Waals surface area contributed by atoms with E-state index in [1.54, 1.807) is 12.1 Å². The number of hydrogen-bond acceptors (Lipinski definition) is 3. The number of carboxylic acid groups (broad SMARTS) is 1. The fourth-order valence-corrected chi connectivity index (χ4v) is 3.20. The average molecular weight is 289 g/mol. The number of carboxylic acids is 1. The highest BCUT2D eigenvalue weighted by molar-refractivity contribution is 5.90. The number of benzene rings is 1. The van der Waals surface area contributed by atoms with Crippen LogP contribution in [0.2, 0.25) is 0 Å². The molecule has 2 aliphatic rings. The Bertz CT molecular complexity index is 563. The largest absolute Gasteiger partial charge is 0.478 e. The molecule has 0 spiro atoms. The van der Waals surface area contributed by atoms with E-state index in [1.165, 1.54) is 0 Å². The second-order valence-electron chi connectivity index (χ2n) is 5.64. The van der Waals surface area contributed by atoms with Crippen LogP contribution in [0, 0.1) is 5.92 Å². The van der Waals surface area contributed by atoms with Crippen LogP contribution in [0.3, 0.4) is 0 Å². The van der Waals surface area contributed by atoms with Crippen LogP contribution < -0.4 is 0 Å². The van der Waals surface area contributed by atoms with E-state index in [0.717, 1.165) is 24.0 Å². The molecule has 0 aromatic heterocycles. The summed E-state index contributed by atoms with van der Waals surface area (Å²) in [6, 6.07) is 5.31. The van der Waals surface area contributed by atoms with Crippen LogP contribution in [-0.2, 0) is 22.5 Å². The Hall–Kier alpha value is -1.88. The minimum absolute atomic E-state index is 0.0583. The Morgan fingerprint density at radius 3 is 2.71 bits per heavy atom. The molecule has 0 bridgehead atoms. The van der Waals surface area contributed by atoms with E-state index in [0.29, 0.717) is 38.3 Å². The number of amides is 1. The summed E-state index contributed by atoms with van der Waals surface area (Å²) in [7, 11) is 0. The summed E-state index contributed by atoms with van der Waals surface area (Å²) in [5.74, 6) is -0.649. The van der Waals surface area contributed by atoms with Gasteiger partial charge >= 0.3 is 5.97 Å². The highest BCUT2D eigenvalue weighted by Crippen LogP contribution is 2.26. The van der Waals surface area contributed by atoms with Gasteiger partial charge in [0.25, 0.3) is 0 Å². The van der Waals surface area contributed by atoms with E-state index in [2.05, 4.69) is 0 Å². The minimum atomic E-state index is -0.893. The molecule has 1 N–H and O–H groups in total. The number of rotatable bonds is 2. The molecule has 2 heterocycles. The Morgan fingerprint density at radius 2 is 2.00 bits per heavy atom. The third kappa shape index (κ3) is 2.78. The van der Waals surface area contributed by atoms with E-state index < -0.39 is 5.97 Å². The molecule has 1 saturated heterocycles. The molecule has 1 fully saturated rings. The van der Waals surface area contributed by atoms with E-state index in [9.17, 15) is 14.7 Å². The van der Waals surface area contributed by atoms with E-state index in [4.69, 9.17) is 4.74 Å². The highest BCUT2D eigenvalue weighted by Gasteiger charge is 2.29. The molecule has 1 aromatic rings. The van der Waals surface area contributed by atoms with Gasteiger partial charge in [-0.2, -0.15) is 0 Å². The van der Waals surface area contributed by atoms with Crippen molar-refractivity contribution in [2.24, 2.45) is 5.92 Å². The van der Waals surface area contributed by atoms with Crippen LogP contribution in [-0.4, -0.2) is 41.6 Å². The van der Waals surface area contributed by atoms with Crippen molar-refractivity contribution in [1.82, 2.24) is 4.90 Å². The van der Waals surface area contributed by atoms with Crippen LogP contribution in [0.1, 0.15) is 34.3 Å². The molecule has 21 heavy (non-hydrogen) atoms. The molecule has 0 aliphatic carbocycles. The highest BCUT2D eigenvalue weighted by atomic mass is 16.5. The second-order valence-corrected chi connectivity index (χ2v) is 5.64. The SMILES string of the molecule is O=C(O)c1cccc2c1CCN(C(=O)C1CCOCC1)C2. The van der Waals surface area contributed by atoms with Crippen molar-refractivity contribution >= 4 is 11.9 Å². The third-order valence-corrected chi connectivity index (χ3v) is 4.38. The van der Waals surface area contributed by atoms with Crippen molar-refractivity contribution < 1.29 is 19.4 Å². The Balaban J connectivity index is 1.77. The average Bonchev–Trinajstić information content (AvgIpc) is 2.53. The number of ether oxygens (including phenoxy) is 1. The lowest BCUT2D eigenvalue weighted by atomic mass is 9.92. The molecule has 3 rings (SSSR count).